The zero-order chi connectivity index (χ0) is 23.8. The summed E-state index contributed by atoms with van der Waals surface area (Å²) < 4.78 is 27.8. The Hall–Kier alpha value is -2.25. The fourth-order valence-corrected chi connectivity index (χ4v) is 6.26. The number of sulfone groups is 1. The van der Waals surface area contributed by atoms with E-state index in [1.165, 1.54) is 0 Å². The number of hydrogen-bond donors (Lipinski definition) is 4. The molecule has 19 heteroatoms. The van der Waals surface area contributed by atoms with Crippen molar-refractivity contribution in [3.63, 3.8) is 0 Å². The topological polar surface area (TPSA) is 251 Å². The number of anilines is 1. The van der Waals surface area contributed by atoms with Gasteiger partial charge in [0.1, 0.15) is 17.2 Å². The molecule has 0 radical (unpaired) electrons. The predicted octanol–water partition coefficient (Wildman–Crippen LogP) is -7.39. The van der Waals surface area contributed by atoms with Crippen molar-refractivity contribution in [3.05, 3.63) is 17.1 Å². The molecule has 0 bridgehead atoms. The van der Waals surface area contributed by atoms with E-state index in [2.05, 4.69) is 19.8 Å². The van der Waals surface area contributed by atoms with E-state index >= 15 is 0 Å². The Bertz CT molecular complexity index is 1180. The smallest absolute Gasteiger partial charge is 0.543 e. The quantitative estimate of drug-likeness (QED) is 0.0809. The molecule has 3 heterocycles. The molecule has 33 heavy (non-hydrogen) atoms. The average Bonchev–Trinajstić information content (AvgIpc) is 3.10. The molecule has 172 valence electrons. The summed E-state index contributed by atoms with van der Waals surface area (Å²) in [5, 5.41) is 25.0. The Morgan fingerprint density at radius 2 is 2.03 bits per heavy atom. The van der Waals surface area contributed by atoms with E-state index in [0.717, 1.165) is 28.2 Å². The average molecular weight is 527 g/mol. The zero-order valence-corrected chi connectivity index (χ0v) is 21.2. The Kier molecular flexibility index (Phi) is 8.47. The number of nitrogens with one attached hydrogen (secondary N) is 1. The van der Waals surface area contributed by atoms with Crippen LogP contribution in [-0.2, 0) is 29.0 Å². The van der Waals surface area contributed by atoms with Crippen LogP contribution in [0.15, 0.2) is 16.4 Å². The van der Waals surface area contributed by atoms with Gasteiger partial charge in [0, 0.05) is 17.3 Å². The molecule has 0 aliphatic carbocycles. The van der Waals surface area contributed by atoms with Crippen LogP contribution in [0.3, 0.4) is 0 Å². The number of carbonyl (C=O) groups excluding carboxylic acids is 4. The van der Waals surface area contributed by atoms with Gasteiger partial charge in [-0.1, -0.05) is 5.16 Å². The summed E-state index contributed by atoms with van der Waals surface area (Å²) in [5.41, 5.74) is 8.90. The van der Waals surface area contributed by atoms with E-state index in [9.17, 15) is 32.7 Å². The molecule has 1 unspecified atom stereocenters. The van der Waals surface area contributed by atoms with Crippen LogP contribution in [0, 0.1) is 0 Å². The van der Waals surface area contributed by atoms with E-state index < -0.39 is 67.9 Å². The third-order valence-corrected chi connectivity index (χ3v) is 7.65. The molecule has 1 aromatic heterocycles. The molecule has 1 fully saturated rings. The summed E-state index contributed by atoms with van der Waals surface area (Å²) >= 11 is 1.73. The Morgan fingerprint density at radius 3 is 2.55 bits per heavy atom. The molecule has 1 aromatic rings. The fraction of sp³-hybridized carbons (Fsp3) is 0.357. The second kappa shape index (κ2) is 10.3. The molecule has 0 spiro atoms. The van der Waals surface area contributed by atoms with Crippen molar-refractivity contribution < 1.29 is 67.5 Å². The Balaban J connectivity index is 0.00000385. The molecule has 0 saturated carbocycles. The van der Waals surface area contributed by atoms with Crippen LogP contribution < -0.4 is 51.4 Å². The van der Waals surface area contributed by atoms with Crippen LogP contribution in [0.25, 0.3) is 0 Å². The second-order valence-electron chi connectivity index (χ2n) is 6.50. The number of aromatic nitrogens is 2. The van der Waals surface area contributed by atoms with Gasteiger partial charge in [0.05, 0.1) is 17.4 Å². The SMILES string of the molecule is NC(=O)CS(=O)(=O)CC1=C(C(=O)[O-])N2C(=O)C(NC(=O)/C(=N\O)c3nsc(N)n3)[C@H]2SC1.[Na+]. The van der Waals surface area contributed by atoms with Crippen LogP contribution in [0.5, 0.6) is 0 Å². The van der Waals surface area contributed by atoms with Gasteiger partial charge in [-0.3, -0.25) is 19.3 Å². The van der Waals surface area contributed by atoms with Crippen LogP contribution in [0.1, 0.15) is 5.82 Å². The summed E-state index contributed by atoms with van der Waals surface area (Å²) in [7, 11) is -4.07. The number of nitrogens with zero attached hydrogens (tertiary/aromatic N) is 4. The van der Waals surface area contributed by atoms with Crippen molar-refractivity contribution in [1.82, 2.24) is 19.6 Å². The molecule has 15 nitrogen and oxygen atoms in total. The number of carboxylic acid groups (broad SMARTS) is 1. The summed E-state index contributed by atoms with van der Waals surface area (Å²) in [5.74, 6) is -6.98. The fourth-order valence-electron chi connectivity index (χ4n) is 3.05. The molecule has 2 atom stereocenters. The van der Waals surface area contributed by atoms with Crippen molar-refractivity contribution in [2.75, 3.05) is 23.0 Å². The molecular formula is C14H14N7NaO8S3. The standard InChI is InChI=1S/C14H15N7O8S3.Na/c15-5(22)3-32(28,29)2-4-1-30-12-7(11(24)21(12)8(4)13(25)26)17-10(23)6(19-27)9-18-14(16)31-20-9;/h7,12,27H,1-3H2,(H2,15,22)(H,17,23)(H,25,26)(H2,16,18,20);/q;+1/p-1/b19-6-;/t7?,12-;/m1./s1. The van der Waals surface area contributed by atoms with Gasteiger partial charge in [0.15, 0.2) is 15.0 Å². The van der Waals surface area contributed by atoms with E-state index in [0.29, 0.717) is 0 Å². The minimum absolute atomic E-state index is 0. The number of carboxylic acids is 1. The van der Waals surface area contributed by atoms with E-state index in [1.54, 1.807) is 0 Å². The van der Waals surface area contributed by atoms with Crippen molar-refractivity contribution in [2.24, 2.45) is 10.9 Å². The third kappa shape index (κ3) is 5.64. The molecule has 6 N–H and O–H groups in total. The van der Waals surface area contributed by atoms with Crippen LogP contribution >= 0.6 is 23.3 Å². The third-order valence-electron chi connectivity index (χ3n) is 4.25. The molecular weight excluding hydrogens is 513 g/mol. The maximum absolute atomic E-state index is 12.6. The number of carbonyl (C=O) groups is 4. The normalized spacial score (nSPS) is 20.4. The Morgan fingerprint density at radius 1 is 1.36 bits per heavy atom. The number of nitrogen functional groups attached to an aromatic ring is 1. The van der Waals surface area contributed by atoms with E-state index in [-0.39, 0.29) is 51.8 Å². The largest absolute Gasteiger partial charge is 1.00 e. The number of fused-ring (bicyclic) bond motifs is 1. The maximum Gasteiger partial charge on any atom is 1.00 e. The first kappa shape index (κ1) is 27.0. The predicted molar refractivity (Wildman–Crippen MR) is 108 cm³/mol. The number of oxime groups is 1. The van der Waals surface area contributed by atoms with Gasteiger partial charge in [-0.25, -0.2) is 8.42 Å². The number of β-lactam (4-membered cyclic amide) rings is 1. The second-order valence-corrected chi connectivity index (χ2v) is 10.5. The molecule has 1 saturated heterocycles. The Labute approximate surface area is 216 Å². The van der Waals surface area contributed by atoms with Gasteiger partial charge in [0.2, 0.25) is 17.4 Å². The summed E-state index contributed by atoms with van der Waals surface area (Å²) in [6, 6.07) is -1.21. The van der Waals surface area contributed by atoms with Gasteiger partial charge in [-0.2, -0.15) is 9.36 Å². The first-order chi connectivity index (χ1) is 14.9. The maximum atomic E-state index is 12.6. The summed E-state index contributed by atoms with van der Waals surface area (Å²) in [6.45, 7) is 0. The van der Waals surface area contributed by atoms with Gasteiger partial charge in [0.25, 0.3) is 11.8 Å². The van der Waals surface area contributed by atoms with Gasteiger partial charge < -0.3 is 31.9 Å². The number of amides is 3. The summed E-state index contributed by atoms with van der Waals surface area (Å²) in [6.07, 6.45) is 0. The number of rotatable bonds is 8. The number of nitrogens with two attached hydrogens (primary N) is 2. The number of thioether (sulfide) groups is 1. The minimum atomic E-state index is -4.07. The number of hydrogen-bond acceptors (Lipinski definition) is 14. The van der Waals surface area contributed by atoms with Crippen LogP contribution in [0.2, 0.25) is 0 Å². The zero-order valence-electron chi connectivity index (χ0n) is 16.7. The van der Waals surface area contributed by atoms with Crippen LogP contribution in [0.4, 0.5) is 5.13 Å². The summed E-state index contributed by atoms with van der Waals surface area (Å²) in [4.78, 5) is 52.1. The van der Waals surface area contributed by atoms with Gasteiger partial charge in [-0.15, -0.1) is 11.8 Å². The van der Waals surface area contributed by atoms with Gasteiger partial charge >= 0.3 is 29.6 Å². The van der Waals surface area contributed by atoms with Crippen molar-refractivity contribution in [1.29, 1.82) is 0 Å². The minimum Gasteiger partial charge on any atom is -0.543 e. The molecule has 2 aliphatic heterocycles. The van der Waals surface area contributed by atoms with Crippen molar-refractivity contribution in [2.45, 2.75) is 11.4 Å². The van der Waals surface area contributed by atoms with Crippen molar-refractivity contribution in [3.8, 4) is 0 Å². The number of primary amides is 1. The van der Waals surface area contributed by atoms with E-state index in [1.807, 2.05) is 0 Å². The van der Waals surface area contributed by atoms with Crippen molar-refractivity contribution >= 4 is 67.7 Å². The monoisotopic (exact) mass is 527 g/mol. The molecule has 3 rings (SSSR count). The first-order valence-electron chi connectivity index (χ1n) is 8.44. The van der Waals surface area contributed by atoms with Gasteiger partial charge in [-0.05, 0) is 5.57 Å². The van der Waals surface area contributed by atoms with Crippen LogP contribution in [-0.4, -0.2) is 86.0 Å². The molecule has 3 amide bonds. The van der Waals surface area contributed by atoms with E-state index in [4.69, 9.17) is 16.7 Å². The molecule has 2 aliphatic rings. The first-order valence-corrected chi connectivity index (χ1v) is 12.1. The molecule has 0 aromatic carbocycles. The number of aliphatic carboxylic acids is 1.